The second-order valence-electron chi connectivity index (χ2n) is 18.2. The summed E-state index contributed by atoms with van der Waals surface area (Å²) in [6.45, 7) is 6.23. The second-order valence-corrected chi connectivity index (χ2v) is 18.2. The minimum Gasteiger partial charge on any atom is -0.481 e. The normalized spacial score (nSPS) is 37.5. The molecule has 11 nitrogen and oxygen atoms in total. The Hall–Kier alpha value is -4.58. The molecular formula is C48H56O11. The molecule has 0 radical (unpaired) electrons. The van der Waals surface area contributed by atoms with E-state index in [0.717, 1.165) is 44.9 Å². The van der Waals surface area contributed by atoms with Crippen LogP contribution in [-0.2, 0) is 28.5 Å². The summed E-state index contributed by atoms with van der Waals surface area (Å²) < 4.78 is 31.9. The molecule has 1 heterocycles. The van der Waals surface area contributed by atoms with Gasteiger partial charge in [0.25, 0.3) is 0 Å². The first kappa shape index (κ1) is 41.2. The van der Waals surface area contributed by atoms with E-state index in [4.69, 9.17) is 23.7 Å². The van der Waals surface area contributed by atoms with Gasteiger partial charge in [0.1, 0.15) is 0 Å². The minimum atomic E-state index is -1.31. The first-order chi connectivity index (χ1) is 28.3. The molecule has 13 atom stereocenters. The van der Waals surface area contributed by atoms with Gasteiger partial charge in [0.2, 0.25) is 0 Å². The van der Waals surface area contributed by atoms with Crippen molar-refractivity contribution in [3.63, 3.8) is 0 Å². The van der Waals surface area contributed by atoms with E-state index < -0.39 is 65.6 Å². The van der Waals surface area contributed by atoms with E-state index in [9.17, 15) is 29.4 Å². The highest BCUT2D eigenvalue weighted by atomic mass is 16.7. The third-order valence-electron chi connectivity index (χ3n) is 15.2. The average Bonchev–Trinajstić information content (AvgIpc) is 3.50. The fourth-order valence-corrected chi connectivity index (χ4v) is 12.0. The van der Waals surface area contributed by atoms with E-state index in [0.29, 0.717) is 30.2 Å². The summed E-state index contributed by atoms with van der Waals surface area (Å²) in [4.78, 5) is 52.9. The first-order valence-electron chi connectivity index (χ1n) is 21.3. The molecule has 1 aliphatic heterocycles. The largest absolute Gasteiger partial charge is 0.481 e. The van der Waals surface area contributed by atoms with Crippen LogP contribution in [-0.4, -0.2) is 76.5 Å². The summed E-state index contributed by atoms with van der Waals surface area (Å²) in [5.74, 6) is -2.13. The number of hydrogen-bond donors (Lipinski definition) is 2. The predicted octanol–water partition coefficient (Wildman–Crippen LogP) is 8.04. The third kappa shape index (κ3) is 7.70. The lowest BCUT2D eigenvalue weighted by atomic mass is 9.43. The molecular weight excluding hydrogens is 753 g/mol. The summed E-state index contributed by atoms with van der Waals surface area (Å²) in [6, 6.07) is 25.4. The van der Waals surface area contributed by atoms with E-state index in [1.807, 2.05) is 0 Å². The number of esters is 3. The van der Waals surface area contributed by atoms with Crippen LogP contribution in [0.4, 0.5) is 0 Å². The summed E-state index contributed by atoms with van der Waals surface area (Å²) in [5.41, 5.74) is -0.489. The number of carboxylic acid groups (broad SMARTS) is 1. The van der Waals surface area contributed by atoms with Crippen molar-refractivity contribution in [1.82, 2.24) is 0 Å². The van der Waals surface area contributed by atoms with Gasteiger partial charge in [-0.15, -0.1) is 0 Å². The molecule has 5 fully saturated rings. The van der Waals surface area contributed by atoms with Gasteiger partial charge in [0.05, 0.1) is 34.5 Å². The van der Waals surface area contributed by atoms with Crippen LogP contribution in [0.5, 0.6) is 0 Å². The van der Waals surface area contributed by atoms with Gasteiger partial charge in [-0.05, 0) is 136 Å². The zero-order valence-corrected chi connectivity index (χ0v) is 34.1. The smallest absolute Gasteiger partial charge is 0.338 e. The van der Waals surface area contributed by atoms with E-state index in [1.54, 1.807) is 97.9 Å². The molecule has 4 saturated carbocycles. The van der Waals surface area contributed by atoms with Crippen molar-refractivity contribution >= 4 is 23.9 Å². The molecule has 314 valence electrons. The van der Waals surface area contributed by atoms with Crippen molar-refractivity contribution in [2.24, 2.45) is 34.5 Å². The highest BCUT2D eigenvalue weighted by Gasteiger charge is 2.67. The van der Waals surface area contributed by atoms with Gasteiger partial charge in [0, 0.05) is 6.42 Å². The van der Waals surface area contributed by atoms with E-state index in [-0.39, 0.29) is 40.9 Å². The van der Waals surface area contributed by atoms with Crippen LogP contribution >= 0.6 is 0 Å². The van der Waals surface area contributed by atoms with E-state index in [1.165, 1.54) is 0 Å². The van der Waals surface area contributed by atoms with Gasteiger partial charge in [-0.1, -0.05) is 68.4 Å². The van der Waals surface area contributed by atoms with Crippen molar-refractivity contribution in [3.05, 3.63) is 108 Å². The Bertz CT molecular complexity index is 1990. The molecule has 0 unspecified atom stereocenters. The number of carbonyl (C=O) groups excluding carboxylic acids is 3. The van der Waals surface area contributed by atoms with Crippen molar-refractivity contribution in [2.75, 3.05) is 0 Å². The number of rotatable bonds is 10. The zero-order valence-electron chi connectivity index (χ0n) is 34.1. The minimum absolute atomic E-state index is 0.0281. The Morgan fingerprint density at radius 3 is 1.76 bits per heavy atom. The van der Waals surface area contributed by atoms with E-state index >= 15 is 0 Å². The molecule has 4 aliphatic carbocycles. The van der Waals surface area contributed by atoms with Crippen molar-refractivity contribution in [3.8, 4) is 0 Å². The Labute approximate surface area is 345 Å². The van der Waals surface area contributed by atoms with Crippen LogP contribution < -0.4 is 0 Å². The molecule has 3 aromatic carbocycles. The number of fused-ring (bicyclic) bond motifs is 5. The predicted molar refractivity (Wildman–Crippen MR) is 215 cm³/mol. The van der Waals surface area contributed by atoms with Gasteiger partial charge >= 0.3 is 23.9 Å². The molecule has 8 rings (SSSR count). The van der Waals surface area contributed by atoms with Crippen LogP contribution in [0.1, 0.15) is 116 Å². The molecule has 3 aromatic rings. The fourth-order valence-electron chi connectivity index (χ4n) is 12.0. The molecule has 11 heteroatoms. The SMILES string of the molecule is C[C@@H]1O[C@@H](O[C@H]2CC[C@@]3(C)[C@H](CC[C@@H]4[C@@H]3CC[C@]3(C)[C@@H](CC(=O)O)CC[C@]43O)C2)[C@H](OC(=O)c2ccccc2)[C@H](OC(=O)c2ccccc2)[C@H]1OC(=O)c1ccccc1. The zero-order chi connectivity index (χ0) is 41.5. The van der Waals surface area contributed by atoms with Crippen molar-refractivity contribution in [2.45, 2.75) is 127 Å². The van der Waals surface area contributed by atoms with Gasteiger partial charge in [-0.3, -0.25) is 4.79 Å². The summed E-state index contributed by atoms with van der Waals surface area (Å²) in [7, 11) is 0. The van der Waals surface area contributed by atoms with Crippen LogP contribution in [0.3, 0.4) is 0 Å². The number of hydrogen-bond acceptors (Lipinski definition) is 10. The highest BCUT2D eigenvalue weighted by molar-refractivity contribution is 5.91. The van der Waals surface area contributed by atoms with Crippen LogP contribution in [0, 0.1) is 34.5 Å². The Morgan fingerprint density at radius 1 is 0.661 bits per heavy atom. The molecule has 5 aliphatic rings. The van der Waals surface area contributed by atoms with E-state index in [2.05, 4.69) is 13.8 Å². The maximum absolute atomic E-state index is 13.8. The fraction of sp³-hybridized carbons (Fsp3) is 0.542. The quantitative estimate of drug-likeness (QED) is 0.116. The Kier molecular flexibility index (Phi) is 11.5. The monoisotopic (exact) mass is 808 g/mol. The van der Waals surface area contributed by atoms with Gasteiger partial charge in [-0.2, -0.15) is 0 Å². The Balaban J connectivity index is 1.05. The van der Waals surface area contributed by atoms with Gasteiger partial charge in [-0.25, -0.2) is 14.4 Å². The standard InChI is InChI=1S/C48H56O11/c1-29-39(57-42(51)30-13-7-4-8-14-30)40(58-43(52)31-15-9-5-10-16-31)41(59-44(53)32-17-11-6-12-18-32)45(55-29)56-35-22-24-46(2)33(27-35)19-20-37-36(46)23-25-47(3)34(28-38(49)50)21-26-48(37,47)54/h4-18,29,33-37,39-41,45,54H,19-28H2,1-3H3,(H,49,50)/t29-,33+,34+,35-,36-,37+,39-,40+,41+,45-,46-,47+,48-/m0/s1. The lowest BCUT2D eigenvalue weighted by Crippen LogP contribution is -2.63. The molecule has 0 aromatic heterocycles. The van der Waals surface area contributed by atoms with Crippen molar-refractivity contribution in [1.29, 1.82) is 0 Å². The molecule has 0 spiro atoms. The average molecular weight is 809 g/mol. The number of carbonyl (C=O) groups is 4. The second kappa shape index (κ2) is 16.5. The van der Waals surface area contributed by atoms with Gasteiger partial charge < -0.3 is 33.9 Å². The molecule has 2 N–H and O–H groups in total. The number of ether oxygens (including phenoxy) is 5. The number of aliphatic hydroxyl groups is 1. The molecule has 0 bridgehead atoms. The van der Waals surface area contributed by atoms with Crippen LogP contribution in [0.25, 0.3) is 0 Å². The summed E-state index contributed by atoms with van der Waals surface area (Å²) >= 11 is 0. The molecule has 59 heavy (non-hydrogen) atoms. The number of aliphatic carboxylic acids is 1. The third-order valence-corrected chi connectivity index (χ3v) is 15.2. The molecule has 0 amide bonds. The Morgan fingerprint density at radius 2 is 1.20 bits per heavy atom. The van der Waals surface area contributed by atoms with Crippen molar-refractivity contribution < 1.29 is 53.1 Å². The van der Waals surface area contributed by atoms with Crippen LogP contribution in [0.15, 0.2) is 91.0 Å². The summed E-state index contributed by atoms with van der Waals surface area (Å²) in [5, 5.41) is 22.2. The molecule has 1 saturated heterocycles. The number of benzene rings is 3. The number of carboxylic acids is 1. The lowest BCUT2D eigenvalue weighted by molar-refractivity contribution is -0.308. The lowest BCUT2D eigenvalue weighted by Gasteiger charge is -2.63. The van der Waals surface area contributed by atoms with Crippen LogP contribution in [0.2, 0.25) is 0 Å². The maximum Gasteiger partial charge on any atom is 0.338 e. The topological polar surface area (TPSA) is 155 Å². The first-order valence-corrected chi connectivity index (χ1v) is 21.3. The van der Waals surface area contributed by atoms with Gasteiger partial charge in [0.15, 0.2) is 24.6 Å². The maximum atomic E-state index is 13.8. The highest BCUT2D eigenvalue weighted by Crippen LogP contribution is 2.69. The summed E-state index contributed by atoms with van der Waals surface area (Å²) in [6.07, 6.45) is 1.26.